The van der Waals surface area contributed by atoms with Gasteiger partial charge < -0.3 is 19.5 Å². The van der Waals surface area contributed by atoms with Crippen molar-refractivity contribution in [3.05, 3.63) is 53.7 Å². The van der Waals surface area contributed by atoms with Gasteiger partial charge in [0.25, 0.3) is 5.91 Å². The van der Waals surface area contributed by atoms with Crippen LogP contribution in [0.1, 0.15) is 44.5 Å². The molecule has 2 aliphatic rings. The number of likely N-dealkylation sites (tertiary alicyclic amines) is 1. The number of amides is 2. The molecule has 2 amide bonds. The van der Waals surface area contributed by atoms with E-state index in [1.807, 2.05) is 57.3 Å². The van der Waals surface area contributed by atoms with Gasteiger partial charge in [-0.15, -0.1) is 11.3 Å². The van der Waals surface area contributed by atoms with Crippen molar-refractivity contribution in [2.75, 3.05) is 18.1 Å². The molecule has 1 aromatic carbocycles. The molecule has 1 atom stereocenters. The fourth-order valence-corrected chi connectivity index (χ4v) is 5.56. The molecule has 2 aromatic heterocycles. The molecule has 0 spiro atoms. The summed E-state index contributed by atoms with van der Waals surface area (Å²) in [4.78, 5) is 31.8. The number of anilines is 1. The van der Waals surface area contributed by atoms with Gasteiger partial charge in [0.05, 0.1) is 28.7 Å². The number of nitrogens with zero attached hydrogens (tertiary/aromatic N) is 3. The summed E-state index contributed by atoms with van der Waals surface area (Å²) in [5.74, 6) is -0.725. The third-order valence-electron chi connectivity index (χ3n) is 7.32. The van der Waals surface area contributed by atoms with Crippen LogP contribution >= 0.6 is 11.3 Å². The lowest BCUT2D eigenvalue weighted by Crippen LogP contribution is -2.56. The topological polar surface area (TPSA) is 120 Å². The monoisotopic (exact) mass is 556 g/mol. The first-order chi connectivity index (χ1) is 17.7. The molecule has 10 nitrogen and oxygen atoms in total. The first-order valence-electron chi connectivity index (χ1n) is 12.2. The van der Waals surface area contributed by atoms with Crippen LogP contribution in [0.25, 0.3) is 11.3 Å². The summed E-state index contributed by atoms with van der Waals surface area (Å²) in [6.07, 6.45) is 4.14. The van der Waals surface area contributed by atoms with Crippen molar-refractivity contribution in [2.45, 2.75) is 51.4 Å². The summed E-state index contributed by atoms with van der Waals surface area (Å²) in [7, 11) is -3.98. The minimum atomic E-state index is -3.49. The molecule has 1 N–H and O–H groups in total. The third kappa shape index (κ3) is 4.91. The number of aromatic nitrogens is 2. The molecule has 5 rings (SSSR count). The van der Waals surface area contributed by atoms with E-state index < -0.39 is 40.3 Å². The number of hydrogen-bond acceptors (Lipinski definition) is 8. The SMILES string of the molecule is CC1(C)OB(c2cccc(-c3csc(NC(=O)[C@@H]4CCN4C(=O)c4ccn(S(C)(=O)=O)c4)n3)c2)OC1(C)C. The van der Waals surface area contributed by atoms with Crippen molar-refractivity contribution >= 4 is 50.9 Å². The zero-order valence-corrected chi connectivity index (χ0v) is 23.4. The number of nitrogens with one attached hydrogen (secondary N) is 1. The number of thiazole rings is 1. The predicted molar refractivity (Wildman–Crippen MR) is 146 cm³/mol. The Hall–Kier alpha value is -3.00. The fourth-order valence-electron chi connectivity index (χ4n) is 4.25. The van der Waals surface area contributed by atoms with Gasteiger partial charge in [-0.1, -0.05) is 24.3 Å². The number of benzene rings is 1. The Kier molecular flexibility index (Phi) is 6.53. The molecule has 0 aliphatic carbocycles. The zero-order valence-electron chi connectivity index (χ0n) is 21.8. The van der Waals surface area contributed by atoms with Crippen molar-refractivity contribution in [1.82, 2.24) is 13.9 Å². The minimum absolute atomic E-state index is 0.214. The first-order valence-corrected chi connectivity index (χ1v) is 14.9. The van der Waals surface area contributed by atoms with Crippen molar-refractivity contribution in [2.24, 2.45) is 0 Å². The Bertz CT molecular complexity index is 1500. The molecule has 38 heavy (non-hydrogen) atoms. The smallest absolute Gasteiger partial charge is 0.399 e. The highest BCUT2D eigenvalue weighted by molar-refractivity contribution is 7.89. The van der Waals surface area contributed by atoms with Gasteiger partial charge >= 0.3 is 7.12 Å². The van der Waals surface area contributed by atoms with Gasteiger partial charge in [0, 0.05) is 29.9 Å². The molecule has 13 heteroatoms. The number of hydrogen-bond donors (Lipinski definition) is 1. The van der Waals surface area contributed by atoms with Gasteiger partial charge in [-0.3, -0.25) is 13.6 Å². The zero-order chi connectivity index (χ0) is 27.5. The Balaban J connectivity index is 1.25. The normalized spacial score (nSPS) is 20.3. The van der Waals surface area contributed by atoms with Crippen LogP contribution in [0.15, 0.2) is 48.1 Å². The van der Waals surface area contributed by atoms with Crippen molar-refractivity contribution in [3.63, 3.8) is 0 Å². The second kappa shape index (κ2) is 9.33. The average Bonchev–Trinajstić information content (AvgIpc) is 3.51. The summed E-state index contributed by atoms with van der Waals surface area (Å²) < 4.78 is 36.7. The lowest BCUT2D eigenvalue weighted by atomic mass is 9.78. The Labute approximate surface area is 226 Å². The molecule has 3 aromatic rings. The quantitative estimate of drug-likeness (QED) is 0.464. The van der Waals surface area contributed by atoms with E-state index in [4.69, 9.17) is 9.31 Å². The number of rotatable bonds is 6. The maximum Gasteiger partial charge on any atom is 0.494 e. The molecule has 0 bridgehead atoms. The van der Waals surface area contributed by atoms with Gasteiger partial charge in [0.2, 0.25) is 15.9 Å². The summed E-state index contributed by atoms with van der Waals surface area (Å²) in [6, 6.07) is 8.56. The maximum atomic E-state index is 12.9. The van der Waals surface area contributed by atoms with E-state index in [-0.39, 0.29) is 11.5 Å². The van der Waals surface area contributed by atoms with Crippen LogP contribution in [-0.4, -0.2) is 71.3 Å². The molecule has 0 unspecified atom stereocenters. The van der Waals surface area contributed by atoms with Crippen LogP contribution in [0.2, 0.25) is 0 Å². The molecule has 0 saturated carbocycles. The van der Waals surface area contributed by atoms with Crippen LogP contribution in [-0.2, 0) is 24.1 Å². The van der Waals surface area contributed by atoms with E-state index in [9.17, 15) is 18.0 Å². The first kappa shape index (κ1) is 26.6. The van der Waals surface area contributed by atoms with Gasteiger partial charge in [0.15, 0.2) is 5.13 Å². The van der Waals surface area contributed by atoms with E-state index >= 15 is 0 Å². The molecule has 2 fully saturated rings. The minimum Gasteiger partial charge on any atom is -0.399 e. The summed E-state index contributed by atoms with van der Waals surface area (Å²) in [6.45, 7) is 8.45. The lowest BCUT2D eigenvalue weighted by Gasteiger charge is -2.39. The van der Waals surface area contributed by atoms with E-state index in [1.54, 1.807) is 0 Å². The van der Waals surface area contributed by atoms with Crippen molar-refractivity contribution in [3.8, 4) is 11.3 Å². The third-order valence-corrected chi connectivity index (χ3v) is 9.07. The Morgan fingerprint density at radius 1 is 1.16 bits per heavy atom. The summed E-state index contributed by atoms with van der Waals surface area (Å²) in [5, 5.41) is 5.10. The van der Waals surface area contributed by atoms with Crippen LogP contribution in [0, 0.1) is 0 Å². The fraction of sp³-hybridized carbons (Fsp3) is 0.400. The summed E-state index contributed by atoms with van der Waals surface area (Å²) in [5.41, 5.74) is 1.77. The van der Waals surface area contributed by atoms with E-state index in [0.29, 0.717) is 23.8 Å². The standard InChI is InChI=1S/C25H29BN4O6S2/c1-24(2)25(3,4)36-26(35-24)18-8-6-7-16(13-18)19-15-37-23(27-19)28-21(31)20-10-12-30(20)22(32)17-9-11-29(14-17)38(5,33)34/h6-9,11,13-15,20H,10,12H2,1-5H3,(H,27,28,31)/t20-/m0/s1. The molecule has 0 radical (unpaired) electrons. The van der Waals surface area contributed by atoms with Gasteiger partial charge in [-0.05, 0) is 45.6 Å². The molecule has 2 saturated heterocycles. The average molecular weight is 556 g/mol. The molecular formula is C25H29BN4O6S2. The highest BCUT2D eigenvalue weighted by Crippen LogP contribution is 2.37. The van der Waals surface area contributed by atoms with E-state index in [2.05, 4.69) is 10.3 Å². The Morgan fingerprint density at radius 2 is 1.87 bits per heavy atom. The van der Waals surface area contributed by atoms with Gasteiger partial charge in [-0.2, -0.15) is 0 Å². The lowest BCUT2D eigenvalue weighted by molar-refractivity contribution is -0.123. The molecule has 4 heterocycles. The van der Waals surface area contributed by atoms with Crippen LogP contribution in [0.3, 0.4) is 0 Å². The highest BCUT2D eigenvalue weighted by atomic mass is 32.2. The van der Waals surface area contributed by atoms with Gasteiger partial charge in [0.1, 0.15) is 6.04 Å². The van der Waals surface area contributed by atoms with Crippen LogP contribution in [0.4, 0.5) is 5.13 Å². The predicted octanol–water partition coefficient (Wildman–Crippen LogP) is 2.57. The van der Waals surface area contributed by atoms with Crippen LogP contribution < -0.4 is 10.8 Å². The van der Waals surface area contributed by atoms with Gasteiger partial charge in [-0.25, -0.2) is 13.4 Å². The van der Waals surface area contributed by atoms with E-state index in [0.717, 1.165) is 21.3 Å². The number of carbonyl (C=O) groups excluding carboxylic acids is 2. The molecule has 2 aliphatic heterocycles. The van der Waals surface area contributed by atoms with E-state index in [1.165, 1.54) is 34.7 Å². The Morgan fingerprint density at radius 3 is 2.47 bits per heavy atom. The second-order valence-electron chi connectivity index (χ2n) is 10.5. The van der Waals surface area contributed by atoms with Crippen molar-refractivity contribution < 1.29 is 27.3 Å². The molecular weight excluding hydrogens is 527 g/mol. The maximum absolute atomic E-state index is 12.9. The number of carbonyl (C=O) groups is 2. The van der Waals surface area contributed by atoms with Crippen LogP contribution in [0.5, 0.6) is 0 Å². The highest BCUT2D eigenvalue weighted by Gasteiger charge is 2.51. The molecule has 200 valence electrons. The van der Waals surface area contributed by atoms with Crippen molar-refractivity contribution in [1.29, 1.82) is 0 Å². The second-order valence-corrected chi connectivity index (χ2v) is 13.3. The largest absolute Gasteiger partial charge is 0.494 e. The summed E-state index contributed by atoms with van der Waals surface area (Å²) >= 11 is 1.30.